The van der Waals surface area contributed by atoms with Crippen molar-refractivity contribution in [3.05, 3.63) is 12.7 Å². The highest BCUT2D eigenvalue weighted by Crippen LogP contribution is 2.37. The van der Waals surface area contributed by atoms with Crippen LogP contribution in [-0.4, -0.2) is 18.3 Å². The van der Waals surface area contributed by atoms with Crippen LogP contribution in [0.2, 0.25) is 0 Å². The van der Waals surface area contributed by atoms with Gasteiger partial charge in [-0.2, -0.15) is 13.2 Å². The highest BCUT2D eigenvalue weighted by Gasteiger charge is 2.45. The van der Waals surface area contributed by atoms with Crippen molar-refractivity contribution in [2.45, 2.75) is 50.9 Å². The Morgan fingerprint density at radius 3 is 2.47 bits per heavy atom. The summed E-state index contributed by atoms with van der Waals surface area (Å²) in [6.07, 6.45) is 0.00728. The van der Waals surface area contributed by atoms with Gasteiger partial charge in [0.2, 0.25) is 0 Å². The van der Waals surface area contributed by atoms with Gasteiger partial charge in [-0.15, -0.1) is 6.58 Å². The second-order valence-electron chi connectivity index (χ2n) is 4.23. The van der Waals surface area contributed by atoms with Crippen molar-refractivity contribution in [1.29, 1.82) is 0 Å². The smallest absolute Gasteiger partial charge is 0.307 e. The summed E-state index contributed by atoms with van der Waals surface area (Å²) < 4.78 is 38.0. The van der Waals surface area contributed by atoms with Gasteiger partial charge < -0.3 is 5.32 Å². The fourth-order valence-electron chi connectivity index (χ4n) is 2.13. The van der Waals surface area contributed by atoms with Gasteiger partial charge in [-0.1, -0.05) is 18.9 Å². The van der Waals surface area contributed by atoms with E-state index in [1.54, 1.807) is 6.08 Å². The van der Waals surface area contributed by atoms with Crippen LogP contribution in [0.3, 0.4) is 0 Å². The molecule has 1 nitrogen and oxygen atoms in total. The molecule has 0 saturated heterocycles. The molecule has 0 radical (unpaired) electrons. The number of alkyl halides is 3. The van der Waals surface area contributed by atoms with Crippen LogP contribution in [0.5, 0.6) is 0 Å². The zero-order chi connectivity index (χ0) is 11.5. The van der Waals surface area contributed by atoms with Gasteiger partial charge in [0, 0.05) is 12.1 Å². The number of hydrogen-bond acceptors (Lipinski definition) is 1. The van der Waals surface area contributed by atoms with Crippen molar-refractivity contribution in [2.24, 2.45) is 5.92 Å². The van der Waals surface area contributed by atoms with E-state index in [0.717, 1.165) is 6.42 Å². The zero-order valence-corrected chi connectivity index (χ0v) is 8.98. The molecule has 15 heavy (non-hydrogen) atoms. The molecule has 1 saturated carbocycles. The molecule has 1 rings (SSSR count). The molecule has 0 aromatic heterocycles. The summed E-state index contributed by atoms with van der Waals surface area (Å²) in [4.78, 5) is 0. The zero-order valence-electron chi connectivity index (χ0n) is 8.98. The SMILES string of the molecule is C=CC(C)NC1CCCCC1C(F)(F)F. The quantitative estimate of drug-likeness (QED) is 0.721. The molecule has 0 aromatic rings. The third kappa shape index (κ3) is 3.52. The van der Waals surface area contributed by atoms with Crippen LogP contribution in [0.1, 0.15) is 32.6 Å². The Labute approximate surface area is 88.7 Å². The van der Waals surface area contributed by atoms with Crippen LogP contribution >= 0.6 is 0 Å². The number of rotatable bonds is 3. The first-order valence-electron chi connectivity index (χ1n) is 5.40. The van der Waals surface area contributed by atoms with Gasteiger partial charge in [-0.3, -0.25) is 0 Å². The predicted octanol–water partition coefficient (Wildman–Crippen LogP) is 3.27. The fraction of sp³-hybridized carbons (Fsp3) is 0.818. The molecule has 88 valence electrons. The van der Waals surface area contributed by atoms with Gasteiger partial charge in [-0.05, 0) is 19.8 Å². The molecule has 0 aliphatic heterocycles. The third-order valence-electron chi connectivity index (χ3n) is 3.02. The van der Waals surface area contributed by atoms with Gasteiger partial charge in [0.15, 0.2) is 0 Å². The second-order valence-corrected chi connectivity index (χ2v) is 4.23. The van der Waals surface area contributed by atoms with E-state index in [9.17, 15) is 13.2 Å². The highest BCUT2D eigenvalue weighted by molar-refractivity contribution is 4.91. The van der Waals surface area contributed by atoms with E-state index in [-0.39, 0.29) is 12.5 Å². The molecule has 0 heterocycles. The third-order valence-corrected chi connectivity index (χ3v) is 3.02. The Morgan fingerprint density at radius 2 is 1.93 bits per heavy atom. The van der Waals surface area contributed by atoms with Crippen molar-refractivity contribution < 1.29 is 13.2 Å². The van der Waals surface area contributed by atoms with Crippen LogP contribution in [-0.2, 0) is 0 Å². The van der Waals surface area contributed by atoms with E-state index in [2.05, 4.69) is 11.9 Å². The van der Waals surface area contributed by atoms with Crippen LogP contribution in [0.25, 0.3) is 0 Å². The maximum atomic E-state index is 12.7. The molecule has 1 fully saturated rings. The van der Waals surface area contributed by atoms with E-state index < -0.39 is 18.1 Å². The monoisotopic (exact) mass is 221 g/mol. The molecule has 1 N–H and O–H groups in total. The van der Waals surface area contributed by atoms with Crippen molar-refractivity contribution >= 4 is 0 Å². The fourth-order valence-corrected chi connectivity index (χ4v) is 2.13. The van der Waals surface area contributed by atoms with Crippen LogP contribution in [0.4, 0.5) is 13.2 Å². The van der Waals surface area contributed by atoms with Gasteiger partial charge in [0.1, 0.15) is 0 Å². The lowest BCUT2D eigenvalue weighted by molar-refractivity contribution is -0.189. The molecular weight excluding hydrogens is 203 g/mol. The van der Waals surface area contributed by atoms with Crippen molar-refractivity contribution in [2.75, 3.05) is 0 Å². The molecule has 1 aliphatic carbocycles. The molecule has 0 spiro atoms. The standard InChI is InChI=1S/C11H18F3N/c1-3-8(2)15-10-7-5-4-6-9(10)11(12,13)14/h3,8-10,15H,1,4-7H2,2H3. The number of halogens is 3. The highest BCUT2D eigenvalue weighted by atomic mass is 19.4. The molecular formula is C11H18F3N. The summed E-state index contributed by atoms with van der Waals surface area (Å²) in [5.41, 5.74) is 0. The molecule has 0 amide bonds. The minimum Gasteiger partial charge on any atom is -0.307 e. The van der Waals surface area contributed by atoms with E-state index in [1.807, 2.05) is 6.92 Å². The Balaban J connectivity index is 2.61. The summed E-state index contributed by atoms with van der Waals surface area (Å²) in [6, 6.07) is -0.496. The number of nitrogens with one attached hydrogen (secondary N) is 1. The summed E-state index contributed by atoms with van der Waals surface area (Å²) in [5, 5.41) is 2.99. The lowest BCUT2D eigenvalue weighted by atomic mass is 9.83. The molecule has 0 aromatic carbocycles. The maximum absolute atomic E-state index is 12.7. The van der Waals surface area contributed by atoms with E-state index in [0.29, 0.717) is 12.8 Å². The lowest BCUT2D eigenvalue weighted by Crippen LogP contribution is -2.47. The summed E-state index contributed by atoms with van der Waals surface area (Å²) in [6.45, 7) is 5.40. The molecule has 3 unspecified atom stereocenters. The second kappa shape index (κ2) is 5.01. The van der Waals surface area contributed by atoms with Crippen LogP contribution < -0.4 is 5.32 Å². The minimum atomic E-state index is -4.07. The molecule has 1 aliphatic rings. The van der Waals surface area contributed by atoms with Crippen molar-refractivity contribution in [3.8, 4) is 0 Å². The normalized spacial score (nSPS) is 29.9. The average molecular weight is 221 g/mol. The van der Waals surface area contributed by atoms with Gasteiger partial charge in [0.05, 0.1) is 5.92 Å². The summed E-state index contributed by atoms with van der Waals surface area (Å²) >= 11 is 0. The summed E-state index contributed by atoms with van der Waals surface area (Å²) in [5.74, 6) is -1.19. The Hall–Kier alpha value is -0.510. The lowest BCUT2D eigenvalue weighted by Gasteiger charge is -2.34. The first-order chi connectivity index (χ1) is 6.95. The molecule has 4 heteroatoms. The van der Waals surface area contributed by atoms with E-state index >= 15 is 0 Å². The first-order valence-corrected chi connectivity index (χ1v) is 5.40. The Bertz CT molecular complexity index is 212. The van der Waals surface area contributed by atoms with E-state index in [1.165, 1.54) is 0 Å². The topological polar surface area (TPSA) is 12.0 Å². The van der Waals surface area contributed by atoms with Crippen molar-refractivity contribution in [1.82, 2.24) is 5.32 Å². The average Bonchev–Trinajstić information content (AvgIpc) is 2.17. The van der Waals surface area contributed by atoms with Crippen LogP contribution in [0.15, 0.2) is 12.7 Å². The molecule has 3 atom stereocenters. The predicted molar refractivity (Wildman–Crippen MR) is 54.6 cm³/mol. The first kappa shape index (κ1) is 12.6. The Kier molecular flexibility index (Phi) is 4.20. The number of hydrogen-bond donors (Lipinski definition) is 1. The summed E-state index contributed by atoms with van der Waals surface area (Å²) in [7, 11) is 0. The van der Waals surface area contributed by atoms with Crippen molar-refractivity contribution in [3.63, 3.8) is 0 Å². The Morgan fingerprint density at radius 1 is 1.33 bits per heavy atom. The maximum Gasteiger partial charge on any atom is 0.393 e. The van der Waals surface area contributed by atoms with E-state index in [4.69, 9.17) is 0 Å². The largest absolute Gasteiger partial charge is 0.393 e. The van der Waals surface area contributed by atoms with Gasteiger partial charge in [0.25, 0.3) is 0 Å². The molecule has 0 bridgehead atoms. The van der Waals surface area contributed by atoms with Crippen LogP contribution in [0, 0.1) is 5.92 Å². The van der Waals surface area contributed by atoms with Gasteiger partial charge in [-0.25, -0.2) is 0 Å². The van der Waals surface area contributed by atoms with Gasteiger partial charge >= 0.3 is 6.18 Å². The minimum absolute atomic E-state index is 0.0575.